The Balaban J connectivity index is 1.52. The first-order valence-electron chi connectivity index (χ1n) is 11.4. The highest BCUT2D eigenvalue weighted by molar-refractivity contribution is 6.22. The van der Waals surface area contributed by atoms with Gasteiger partial charge in [-0.05, 0) is 37.7 Å². The van der Waals surface area contributed by atoms with E-state index in [9.17, 15) is 14.4 Å². The van der Waals surface area contributed by atoms with Gasteiger partial charge in [-0.15, -0.1) is 0 Å². The summed E-state index contributed by atoms with van der Waals surface area (Å²) in [6.45, 7) is 0. The van der Waals surface area contributed by atoms with Gasteiger partial charge in [-0.2, -0.15) is 0 Å². The summed E-state index contributed by atoms with van der Waals surface area (Å²) in [4.78, 5) is 44.0. The van der Waals surface area contributed by atoms with Crippen LogP contribution in [0.2, 0.25) is 0 Å². The van der Waals surface area contributed by atoms with Crippen molar-refractivity contribution in [2.24, 2.45) is 5.41 Å². The van der Waals surface area contributed by atoms with Gasteiger partial charge in [0.05, 0.1) is 0 Å². The smallest absolute Gasteiger partial charge is 0.273 e. The Morgan fingerprint density at radius 3 is 1.66 bits per heavy atom. The molecule has 0 aromatic heterocycles. The van der Waals surface area contributed by atoms with Crippen LogP contribution in [0.1, 0.15) is 82.1 Å². The zero-order valence-corrected chi connectivity index (χ0v) is 17.0. The van der Waals surface area contributed by atoms with Crippen LogP contribution >= 0.6 is 0 Å². The molecule has 0 unspecified atom stereocenters. The number of imide groups is 2. The van der Waals surface area contributed by atoms with Gasteiger partial charge in [0, 0.05) is 18.0 Å². The van der Waals surface area contributed by atoms with Crippen LogP contribution in [-0.4, -0.2) is 39.7 Å². The molecule has 1 spiro atoms. The molecule has 1 aromatic rings. The number of hydrogen-bond acceptors (Lipinski definition) is 3. The molecule has 5 nitrogen and oxygen atoms in total. The number of benzene rings is 1. The predicted molar refractivity (Wildman–Crippen MR) is 109 cm³/mol. The molecule has 154 valence electrons. The Kier molecular flexibility index (Phi) is 4.72. The van der Waals surface area contributed by atoms with Gasteiger partial charge in [0.2, 0.25) is 11.8 Å². The highest BCUT2D eigenvalue weighted by atomic mass is 16.2. The second kappa shape index (κ2) is 7.26. The van der Waals surface area contributed by atoms with Crippen molar-refractivity contribution in [1.29, 1.82) is 0 Å². The van der Waals surface area contributed by atoms with Crippen molar-refractivity contribution in [1.82, 2.24) is 9.80 Å². The van der Waals surface area contributed by atoms with Gasteiger partial charge in [-0.3, -0.25) is 19.4 Å². The third-order valence-corrected chi connectivity index (χ3v) is 7.66. The van der Waals surface area contributed by atoms with E-state index in [1.807, 2.05) is 30.3 Å². The SMILES string of the molecule is O=C1N(C2CCCCC2)C(=O)C2(C[C@H]2c2ccccc2)C(=O)N1C1CCCCC1. The number of carbonyl (C=O) groups is 3. The molecule has 5 heteroatoms. The summed E-state index contributed by atoms with van der Waals surface area (Å²) in [5.41, 5.74) is -0.0137. The van der Waals surface area contributed by atoms with Gasteiger partial charge < -0.3 is 0 Å². The minimum absolute atomic E-state index is 0.0446. The molecular formula is C24H30N2O3. The number of barbiturate groups is 1. The molecule has 1 atom stereocenters. The number of amides is 4. The second-order valence-corrected chi connectivity index (χ2v) is 9.36. The lowest BCUT2D eigenvalue weighted by Gasteiger charge is -2.45. The molecule has 4 aliphatic rings. The monoisotopic (exact) mass is 394 g/mol. The number of hydrogen-bond donors (Lipinski definition) is 0. The lowest BCUT2D eigenvalue weighted by Crippen LogP contribution is -2.66. The highest BCUT2D eigenvalue weighted by Crippen LogP contribution is 2.63. The lowest BCUT2D eigenvalue weighted by atomic mass is 9.86. The zero-order chi connectivity index (χ0) is 20.0. The van der Waals surface area contributed by atoms with E-state index in [-0.39, 0.29) is 35.8 Å². The Morgan fingerprint density at radius 2 is 1.17 bits per heavy atom. The van der Waals surface area contributed by atoms with Crippen molar-refractivity contribution in [2.45, 2.75) is 88.6 Å². The van der Waals surface area contributed by atoms with Crippen molar-refractivity contribution >= 4 is 17.8 Å². The highest BCUT2D eigenvalue weighted by Gasteiger charge is 2.72. The van der Waals surface area contributed by atoms with E-state index < -0.39 is 5.41 Å². The summed E-state index contributed by atoms with van der Waals surface area (Å²) in [7, 11) is 0. The standard InChI is InChI=1S/C24H30N2O3/c27-21-24(16-20(24)17-10-4-1-5-11-17)22(28)26(19-14-8-3-9-15-19)23(29)25(21)18-12-6-2-7-13-18/h1,4-5,10-11,18-20H,2-3,6-9,12-16H2/t20-/m0/s1. The fourth-order valence-corrected chi connectivity index (χ4v) is 5.96. The van der Waals surface area contributed by atoms with Crippen LogP contribution in [0.5, 0.6) is 0 Å². The van der Waals surface area contributed by atoms with Crippen LogP contribution < -0.4 is 0 Å². The number of urea groups is 1. The summed E-state index contributed by atoms with van der Waals surface area (Å²) in [6, 6.07) is 9.47. The largest absolute Gasteiger partial charge is 0.333 e. The summed E-state index contributed by atoms with van der Waals surface area (Å²) in [6.07, 6.45) is 10.5. The number of nitrogens with zero attached hydrogens (tertiary/aromatic N) is 2. The van der Waals surface area contributed by atoms with Gasteiger partial charge in [0.1, 0.15) is 5.41 Å². The fourth-order valence-electron chi connectivity index (χ4n) is 5.96. The van der Waals surface area contributed by atoms with Crippen molar-refractivity contribution < 1.29 is 14.4 Å². The van der Waals surface area contributed by atoms with Gasteiger partial charge in [-0.25, -0.2) is 4.79 Å². The van der Waals surface area contributed by atoms with Gasteiger partial charge >= 0.3 is 6.03 Å². The Bertz CT molecular complexity index is 769. The fraction of sp³-hybridized carbons (Fsp3) is 0.625. The van der Waals surface area contributed by atoms with Crippen LogP contribution in [0.3, 0.4) is 0 Å². The Hall–Kier alpha value is -2.17. The summed E-state index contributed by atoms with van der Waals surface area (Å²) in [5, 5.41) is 0. The molecule has 0 radical (unpaired) electrons. The Labute approximate surface area is 172 Å². The quantitative estimate of drug-likeness (QED) is 0.703. The van der Waals surface area contributed by atoms with Crippen LogP contribution in [0, 0.1) is 5.41 Å². The van der Waals surface area contributed by atoms with Crippen LogP contribution in [-0.2, 0) is 9.59 Å². The first-order chi connectivity index (χ1) is 14.1. The van der Waals surface area contributed by atoms with E-state index in [2.05, 4.69) is 0 Å². The van der Waals surface area contributed by atoms with Crippen molar-refractivity contribution in [3.8, 4) is 0 Å². The average molecular weight is 395 g/mol. The molecule has 29 heavy (non-hydrogen) atoms. The minimum Gasteiger partial charge on any atom is -0.273 e. The maximum Gasteiger partial charge on any atom is 0.333 e. The molecule has 1 aromatic carbocycles. The van der Waals surface area contributed by atoms with E-state index in [0.29, 0.717) is 6.42 Å². The molecule has 3 aliphatic carbocycles. The van der Waals surface area contributed by atoms with Crippen molar-refractivity contribution in [3.63, 3.8) is 0 Å². The van der Waals surface area contributed by atoms with Crippen LogP contribution in [0.25, 0.3) is 0 Å². The van der Waals surface area contributed by atoms with E-state index in [0.717, 1.165) is 69.8 Å². The topological polar surface area (TPSA) is 57.7 Å². The van der Waals surface area contributed by atoms with Crippen LogP contribution in [0.4, 0.5) is 4.79 Å². The normalized spacial score (nSPS) is 28.3. The first kappa shape index (κ1) is 18.8. The molecule has 1 saturated heterocycles. The maximum atomic E-state index is 13.7. The molecule has 1 heterocycles. The summed E-state index contributed by atoms with van der Waals surface area (Å²) < 4.78 is 0. The van der Waals surface area contributed by atoms with Gasteiger partial charge in [0.15, 0.2) is 0 Å². The average Bonchev–Trinajstić information content (AvgIpc) is 3.52. The summed E-state index contributed by atoms with van der Waals surface area (Å²) >= 11 is 0. The number of carbonyl (C=O) groups excluding carboxylic acids is 3. The molecular weight excluding hydrogens is 364 g/mol. The minimum atomic E-state index is -1.05. The third kappa shape index (κ3) is 2.92. The van der Waals surface area contributed by atoms with E-state index >= 15 is 0 Å². The van der Waals surface area contributed by atoms with Gasteiger partial charge in [0.25, 0.3) is 0 Å². The van der Waals surface area contributed by atoms with E-state index in [1.54, 1.807) is 0 Å². The lowest BCUT2D eigenvalue weighted by molar-refractivity contribution is -0.155. The van der Waals surface area contributed by atoms with E-state index in [4.69, 9.17) is 0 Å². The van der Waals surface area contributed by atoms with Crippen molar-refractivity contribution in [3.05, 3.63) is 35.9 Å². The molecule has 3 saturated carbocycles. The molecule has 4 amide bonds. The number of rotatable bonds is 3. The van der Waals surface area contributed by atoms with E-state index in [1.165, 1.54) is 9.80 Å². The van der Waals surface area contributed by atoms with Crippen LogP contribution in [0.15, 0.2) is 30.3 Å². The molecule has 1 aliphatic heterocycles. The first-order valence-corrected chi connectivity index (χ1v) is 11.4. The molecule has 0 N–H and O–H groups in total. The Morgan fingerprint density at radius 1 is 0.690 bits per heavy atom. The second-order valence-electron chi connectivity index (χ2n) is 9.36. The molecule has 4 fully saturated rings. The van der Waals surface area contributed by atoms with Gasteiger partial charge in [-0.1, -0.05) is 68.9 Å². The predicted octanol–water partition coefficient (Wildman–Crippen LogP) is 4.62. The zero-order valence-electron chi connectivity index (χ0n) is 17.0. The third-order valence-electron chi connectivity index (χ3n) is 7.66. The molecule has 0 bridgehead atoms. The summed E-state index contributed by atoms with van der Waals surface area (Å²) in [5.74, 6) is -0.547. The molecule has 5 rings (SSSR count). The maximum absolute atomic E-state index is 13.7. The van der Waals surface area contributed by atoms with Crippen molar-refractivity contribution in [2.75, 3.05) is 0 Å².